The number of carbonyl (C=O) groups is 1. The van der Waals surface area contributed by atoms with Crippen molar-refractivity contribution in [1.29, 1.82) is 0 Å². The summed E-state index contributed by atoms with van der Waals surface area (Å²) in [6.07, 6.45) is 4.28. The maximum atomic E-state index is 11.3. The van der Waals surface area contributed by atoms with Gasteiger partial charge in [0.15, 0.2) is 6.29 Å². The van der Waals surface area contributed by atoms with Crippen molar-refractivity contribution >= 4 is 6.29 Å². The summed E-state index contributed by atoms with van der Waals surface area (Å²) < 4.78 is 13.0. The molecule has 0 bridgehead atoms. The third-order valence-corrected chi connectivity index (χ3v) is 4.02. The Bertz CT molecular complexity index is 903. The fourth-order valence-corrected chi connectivity index (χ4v) is 2.73. The van der Waals surface area contributed by atoms with Crippen LogP contribution in [0, 0.1) is 0 Å². The van der Waals surface area contributed by atoms with Crippen LogP contribution in [-0.4, -0.2) is 28.2 Å². The molecule has 0 aliphatic heterocycles. The molecule has 0 amide bonds. The summed E-state index contributed by atoms with van der Waals surface area (Å²) in [4.78, 5) is 15.8. The number of hydrogen-bond acceptors (Lipinski definition) is 5. The molecule has 0 unspecified atom stereocenters. The van der Waals surface area contributed by atoms with Gasteiger partial charge < -0.3 is 9.47 Å². The van der Waals surface area contributed by atoms with Crippen molar-refractivity contribution in [1.82, 2.24) is 14.8 Å². The van der Waals surface area contributed by atoms with Crippen LogP contribution in [0.2, 0.25) is 0 Å². The molecule has 1 aromatic carbocycles. The van der Waals surface area contributed by atoms with Crippen LogP contribution < -0.4 is 9.47 Å². The minimum absolute atomic E-state index is 0.221. The monoisotopic (exact) mass is 351 g/mol. The van der Waals surface area contributed by atoms with Gasteiger partial charge in [-0.2, -0.15) is 5.10 Å². The van der Waals surface area contributed by atoms with E-state index in [0.29, 0.717) is 23.7 Å². The Kier molecular flexibility index (Phi) is 5.31. The van der Waals surface area contributed by atoms with Crippen LogP contribution >= 0.6 is 0 Å². The molecule has 0 aliphatic carbocycles. The van der Waals surface area contributed by atoms with E-state index in [1.54, 1.807) is 37.7 Å². The van der Waals surface area contributed by atoms with Crippen molar-refractivity contribution in [3.05, 3.63) is 59.9 Å². The first kappa shape index (κ1) is 17.7. The van der Waals surface area contributed by atoms with E-state index in [-0.39, 0.29) is 6.04 Å². The van der Waals surface area contributed by atoms with Crippen LogP contribution in [0.4, 0.5) is 0 Å². The normalized spacial score (nSPS) is 10.8. The lowest BCUT2D eigenvalue weighted by atomic mass is 10.1. The van der Waals surface area contributed by atoms with Crippen molar-refractivity contribution in [2.75, 3.05) is 7.11 Å². The number of aromatic nitrogens is 3. The van der Waals surface area contributed by atoms with Gasteiger partial charge in [-0.05, 0) is 44.2 Å². The van der Waals surface area contributed by atoms with Gasteiger partial charge in [-0.15, -0.1) is 0 Å². The molecule has 134 valence electrons. The molecule has 26 heavy (non-hydrogen) atoms. The van der Waals surface area contributed by atoms with E-state index in [9.17, 15) is 4.79 Å². The van der Waals surface area contributed by atoms with Crippen LogP contribution in [0.5, 0.6) is 11.5 Å². The SMILES string of the molecule is COc1ccc(OCc2cccnc2-c2ccnn2C(C)C)c(C=O)c1. The number of hydrogen-bond donors (Lipinski definition) is 0. The largest absolute Gasteiger partial charge is 0.497 e. The van der Waals surface area contributed by atoms with E-state index in [1.807, 2.05) is 22.9 Å². The van der Waals surface area contributed by atoms with E-state index in [1.165, 1.54) is 0 Å². The highest BCUT2D eigenvalue weighted by atomic mass is 16.5. The summed E-state index contributed by atoms with van der Waals surface area (Å²) in [6.45, 7) is 4.44. The second-order valence-electron chi connectivity index (χ2n) is 6.08. The molecule has 6 nitrogen and oxygen atoms in total. The molecule has 2 aromatic heterocycles. The molecule has 2 heterocycles. The van der Waals surface area contributed by atoms with Crippen LogP contribution in [0.1, 0.15) is 35.8 Å². The smallest absolute Gasteiger partial charge is 0.153 e. The molecular formula is C20H21N3O3. The second-order valence-corrected chi connectivity index (χ2v) is 6.08. The fourth-order valence-electron chi connectivity index (χ4n) is 2.73. The number of ether oxygens (including phenoxy) is 2. The molecule has 3 aromatic rings. The van der Waals surface area contributed by atoms with Crippen LogP contribution in [0.25, 0.3) is 11.4 Å². The molecule has 6 heteroatoms. The van der Waals surface area contributed by atoms with E-state index >= 15 is 0 Å². The number of carbonyl (C=O) groups excluding carboxylic acids is 1. The number of nitrogens with zero attached hydrogens (tertiary/aromatic N) is 3. The molecular weight excluding hydrogens is 330 g/mol. The van der Waals surface area contributed by atoms with Gasteiger partial charge in [-0.3, -0.25) is 14.5 Å². The molecule has 0 fully saturated rings. The Morgan fingerprint density at radius 2 is 2.04 bits per heavy atom. The Hall–Kier alpha value is -3.15. The van der Waals surface area contributed by atoms with Gasteiger partial charge in [0.2, 0.25) is 0 Å². The molecule has 0 atom stereocenters. The average Bonchev–Trinajstić information content (AvgIpc) is 3.16. The topological polar surface area (TPSA) is 66.2 Å². The Morgan fingerprint density at radius 1 is 1.19 bits per heavy atom. The minimum Gasteiger partial charge on any atom is -0.497 e. The molecule has 0 N–H and O–H groups in total. The van der Waals surface area contributed by atoms with Gasteiger partial charge in [0.25, 0.3) is 0 Å². The number of rotatable bonds is 7. The van der Waals surface area contributed by atoms with Crippen LogP contribution in [-0.2, 0) is 6.61 Å². The number of pyridine rings is 1. The molecule has 3 rings (SSSR count). The summed E-state index contributed by atoms with van der Waals surface area (Å²) in [6, 6.07) is 11.1. The van der Waals surface area contributed by atoms with E-state index in [0.717, 1.165) is 23.2 Å². The lowest BCUT2D eigenvalue weighted by Crippen LogP contribution is -2.08. The predicted octanol–water partition coefficient (Wildman–Crippen LogP) is 3.93. The highest BCUT2D eigenvalue weighted by Gasteiger charge is 2.14. The third-order valence-electron chi connectivity index (χ3n) is 4.02. The molecule has 0 spiro atoms. The van der Waals surface area contributed by atoms with E-state index < -0.39 is 0 Å². The van der Waals surface area contributed by atoms with Crippen molar-refractivity contribution in [2.45, 2.75) is 26.5 Å². The van der Waals surface area contributed by atoms with Gasteiger partial charge in [-0.25, -0.2) is 0 Å². The predicted molar refractivity (Wildman–Crippen MR) is 98.6 cm³/mol. The standard InChI is InChI=1S/C20H21N3O3/c1-14(2)23-18(8-10-22-23)20-15(5-4-9-21-20)13-26-19-7-6-17(25-3)11-16(19)12-24/h4-12,14H,13H2,1-3H3. The summed E-state index contributed by atoms with van der Waals surface area (Å²) in [5.41, 5.74) is 3.12. The first-order valence-corrected chi connectivity index (χ1v) is 8.37. The van der Waals surface area contributed by atoms with Gasteiger partial charge in [-0.1, -0.05) is 6.07 Å². The van der Waals surface area contributed by atoms with Crippen molar-refractivity contribution in [2.24, 2.45) is 0 Å². The summed E-state index contributed by atoms with van der Waals surface area (Å²) in [5.74, 6) is 1.12. The van der Waals surface area contributed by atoms with Crippen LogP contribution in [0.15, 0.2) is 48.8 Å². The maximum Gasteiger partial charge on any atom is 0.153 e. The lowest BCUT2D eigenvalue weighted by molar-refractivity contribution is 0.111. The third kappa shape index (κ3) is 3.59. The fraction of sp³-hybridized carbons (Fsp3) is 0.250. The van der Waals surface area contributed by atoms with E-state index in [2.05, 4.69) is 23.9 Å². The number of methoxy groups -OCH3 is 1. The highest BCUT2D eigenvalue weighted by molar-refractivity contribution is 5.80. The number of benzene rings is 1. The van der Waals surface area contributed by atoms with Crippen molar-refractivity contribution in [3.63, 3.8) is 0 Å². The highest BCUT2D eigenvalue weighted by Crippen LogP contribution is 2.27. The quantitative estimate of drug-likeness (QED) is 0.604. The first-order valence-electron chi connectivity index (χ1n) is 8.37. The Balaban J connectivity index is 1.88. The van der Waals surface area contributed by atoms with Crippen molar-refractivity contribution in [3.8, 4) is 22.9 Å². The van der Waals surface area contributed by atoms with Gasteiger partial charge >= 0.3 is 0 Å². The zero-order chi connectivity index (χ0) is 18.5. The van der Waals surface area contributed by atoms with Gasteiger partial charge in [0, 0.05) is 24.0 Å². The zero-order valence-corrected chi connectivity index (χ0v) is 15.0. The summed E-state index contributed by atoms with van der Waals surface area (Å²) >= 11 is 0. The summed E-state index contributed by atoms with van der Waals surface area (Å²) in [5, 5.41) is 4.37. The molecule has 0 saturated carbocycles. The van der Waals surface area contributed by atoms with Crippen molar-refractivity contribution < 1.29 is 14.3 Å². The molecule has 0 aliphatic rings. The molecule has 0 radical (unpaired) electrons. The second kappa shape index (κ2) is 7.82. The number of aldehydes is 1. The lowest BCUT2D eigenvalue weighted by Gasteiger charge is -2.14. The van der Waals surface area contributed by atoms with Gasteiger partial charge in [0.1, 0.15) is 18.1 Å². The minimum atomic E-state index is 0.221. The Labute approximate surface area is 152 Å². The maximum absolute atomic E-state index is 11.3. The Morgan fingerprint density at radius 3 is 2.77 bits per heavy atom. The van der Waals surface area contributed by atoms with Crippen LogP contribution in [0.3, 0.4) is 0 Å². The first-order chi connectivity index (χ1) is 12.6. The molecule has 0 saturated heterocycles. The summed E-state index contributed by atoms with van der Waals surface area (Å²) in [7, 11) is 1.56. The average molecular weight is 351 g/mol. The van der Waals surface area contributed by atoms with E-state index in [4.69, 9.17) is 9.47 Å². The van der Waals surface area contributed by atoms with Gasteiger partial charge in [0.05, 0.1) is 24.1 Å². The zero-order valence-electron chi connectivity index (χ0n) is 15.0.